The first-order valence-corrected chi connectivity index (χ1v) is 16.0. The van der Waals surface area contributed by atoms with Crippen LogP contribution in [0.15, 0.2) is 103 Å². The largest absolute Gasteiger partial charge is 0.465 e. The molecule has 9 heteroatoms. The van der Waals surface area contributed by atoms with Crippen molar-refractivity contribution in [3.05, 3.63) is 137 Å². The molecule has 4 aromatic carbocycles. The van der Waals surface area contributed by atoms with Gasteiger partial charge in [0, 0.05) is 36.3 Å². The van der Waals surface area contributed by atoms with E-state index in [0.29, 0.717) is 37.4 Å². The van der Waals surface area contributed by atoms with Gasteiger partial charge in [0.2, 0.25) is 5.91 Å². The minimum Gasteiger partial charge on any atom is -0.465 e. The van der Waals surface area contributed by atoms with Gasteiger partial charge in [-0.05, 0) is 60.6 Å². The number of benzene rings is 4. The second-order valence-corrected chi connectivity index (χ2v) is 11.9. The first-order chi connectivity index (χ1) is 22.8. The molecule has 1 fully saturated rings. The van der Waals surface area contributed by atoms with E-state index < -0.39 is 24.0 Å². The SMILES string of the molecule is Cc1cccc(C)c1C(=O)NC[C@@H]1CO[C@H](CCc2ccccc2NC(=O)[C@@H](NC(=O)O)C(c2ccccc2)c2ccccc2)CN1. The standard InChI is InChI=1S/C38H42N4O5/c1-25-12-11-13-26(2)33(25)36(43)40-22-30-24-47-31(23-39-30)21-20-27-14-9-10-19-32(27)41-37(44)35(42-38(45)46)34(28-15-5-3-6-16-28)29-17-7-4-8-18-29/h3-19,30-31,34-35,39,42H,20-24H2,1-2H3,(H,40,43)(H,41,44)(H,45,46)/t30-,31-,35+/m1/s1. The van der Waals surface area contributed by atoms with Crippen LogP contribution in [0.25, 0.3) is 0 Å². The third-order valence-electron chi connectivity index (χ3n) is 8.61. The van der Waals surface area contributed by atoms with Gasteiger partial charge < -0.3 is 31.1 Å². The van der Waals surface area contributed by atoms with Crippen molar-refractivity contribution in [2.75, 3.05) is 25.0 Å². The number of aryl methyl sites for hydroxylation is 3. The summed E-state index contributed by atoms with van der Waals surface area (Å²) in [5.74, 6) is -1.07. The van der Waals surface area contributed by atoms with E-state index >= 15 is 0 Å². The van der Waals surface area contributed by atoms with Crippen LogP contribution in [0.1, 0.15) is 50.5 Å². The first-order valence-electron chi connectivity index (χ1n) is 16.0. The van der Waals surface area contributed by atoms with Gasteiger partial charge in [-0.1, -0.05) is 97.1 Å². The Morgan fingerprint density at radius 1 is 0.851 bits per heavy atom. The lowest BCUT2D eigenvalue weighted by atomic mass is 9.84. The molecule has 1 heterocycles. The van der Waals surface area contributed by atoms with Crippen molar-refractivity contribution >= 4 is 23.6 Å². The number of ether oxygens (including phenoxy) is 1. The summed E-state index contributed by atoms with van der Waals surface area (Å²) in [6.45, 7) is 5.45. The molecule has 0 spiro atoms. The highest BCUT2D eigenvalue weighted by Crippen LogP contribution is 2.30. The van der Waals surface area contributed by atoms with E-state index in [9.17, 15) is 19.5 Å². The van der Waals surface area contributed by atoms with E-state index in [2.05, 4.69) is 21.3 Å². The van der Waals surface area contributed by atoms with E-state index in [-0.39, 0.29) is 18.1 Å². The highest BCUT2D eigenvalue weighted by Gasteiger charge is 2.33. The number of amides is 3. The number of anilines is 1. The minimum absolute atomic E-state index is 0.00643. The van der Waals surface area contributed by atoms with Crippen LogP contribution in [0.2, 0.25) is 0 Å². The maximum atomic E-state index is 13.9. The zero-order valence-corrected chi connectivity index (χ0v) is 26.7. The van der Waals surface area contributed by atoms with Crippen molar-refractivity contribution in [2.45, 2.75) is 50.8 Å². The Labute approximate surface area is 275 Å². The van der Waals surface area contributed by atoms with Crippen molar-refractivity contribution < 1.29 is 24.2 Å². The van der Waals surface area contributed by atoms with E-state index in [4.69, 9.17) is 4.74 Å². The summed E-state index contributed by atoms with van der Waals surface area (Å²) in [4.78, 5) is 38.6. The van der Waals surface area contributed by atoms with Gasteiger partial charge in [-0.3, -0.25) is 9.59 Å². The maximum Gasteiger partial charge on any atom is 0.405 e. The molecule has 5 N–H and O–H groups in total. The number of para-hydroxylation sites is 1. The normalized spacial score (nSPS) is 16.7. The lowest BCUT2D eigenvalue weighted by Gasteiger charge is -2.31. The lowest BCUT2D eigenvalue weighted by molar-refractivity contribution is -0.118. The number of carbonyl (C=O) groups is 3. The fourth-order valence-corrected chi connectivity index (χ4v) is 6.18. The van der Waals surface area contributed by atoms with Crippen LogP contribution in [-0.2, 0) is 16.0 Å². The molecule has 3 atom stereocenters. The number of nitrogens with one attached hydrogen (secondary N) is 4. The zero-order valence-electron chi connectivity index (χ0n) is 26.7. The lowest BCUT2D eigenvalue weighted by Crippen LogP contribution is -2.51. The monoisotopic (exact) mass is 634 g/mol. The van der Waals surface area contributed by atoms with Gasteiger partial charge in [0.15, 0.2) is 0 Å². The van der Waals surface area contributed by atoms with Crippen LogP contribution in [0, 0.1) is 13.8 Å². The van der Waals surface area contributed by atoms with Gasteiger partial charge in [0.1, 0.15) is 6.04 Å². The average Bonchev–Trinajstić information content (AvgIpc) is 3.08. The van der Waals surface area contributed by atoms with E-state index in [0.717, 1.165) is 34.2 Å². The van der Waals surface area contributed by atoms with Gasteiger partial charge in [-0.15, -0.1) is 0 Å². The third kappa shape index (κ3) is 8.84. The number of morpholine rings is 1. The Morgan fingerprint density at radius 3 is 2.06 bits per heavy atom. The average molecular weight is 635 g/mol. The minimum atomic E-state index is -1.28. The quantitative estimate of drug-likeness (QED) is 0.141. The highest BCUT2D eigenvalue weighted by atomic mass is 16.5. The van der Waals surface area contributed by atoms with Gasteiger partial charge in [0.25, 0.3) is 5.91 Å². The van der Waals surface area contributed by atoms with Gasteiger partial charge in [0.05, 0.1) is 12.7 Å². The van der Waals surface area contributed by atoms with E-state index in [1.807, 2.05) is 117 Å². The van der Waals surface area contributed by atoms with Crippen molar-refractivity contribution in [3.63, 3.8) is 0 Å². The molecule has 0 aliphatic carbocycles. The Balaban J connectivity index is 1.20. The van der Waals surface area contributed by atoms with E-state index in [1.54, 1.807) is 0 Å². The molecule has 0 radical (unpaired) electrons. The van der Waals surface area contributed by atoms with Crippen LogP contribution in [0.3, 0.4) is 0 Å². The third-order valence-corrected chi connectivity index (χ3v) is 8.61. The molecular weight excluding hydrogens is 592 g/mol. The van der Waals surface area contributed by atoms with Crippen molar-refractivity contribution in [3.8, 4) is 0 Å². The maximum absolute atomic E-state index is 13.9. The fourth-order valence-electron chi connectivity index (χ4n) is 6.18. The van der Waals surface area contributed by atoms with Crippen molar-refractivity contribution in [2.24, 2.45) is 0 Å². The van der Waals surface area contributed by atoms with Gasteiger partial charge >= 0.3 is 6.09 Å². The zero-order chi connectivity index (χ0) is 33.2. The Hall–Kier alpha value is -4.99. The summed E-state index contributed by atoms with van der Waals surface area (Å²) in [6.07, 6.45) is 0.0513. The molecule has 4 aromatic rings. The fraction of sp³-hybridized carbons (Fsp3) is 0.289. The molecule has 0 unspecified atom stereocenters. The molecule has 0 saturated carbocycles. The Morgan fingerprint density at radius 2 is 1.47 bits per heavy atom. The Bertz CT molecular complexity index is 1600. The summed E-state index contributed by atoms with van der Waals surface area (Å²) in [5.41, 5.74) is 5.83. The second kappa shape index (κ2) is 16.0. The molecular formula is C38H42N4O5. The van der Waals surface area contributed by atoms with Crippen LogP contribution in [0.4, 0.5) is 10.5 Å². The van der Waals surface area contributed by atoms with Crippen LogP contribution in [0.5, 0.6) is 0 Å². The molecule has 1 aliphatic heterocycles. The molecule has 5 rings (SSSR count). The van der Waals surface area contributed by atoms with E-state index in [1.165, 1.54) is 0 Å². The highest BCUT2D eigenvalue weighted by molar-refractivity contribution is 5.98. The van der Waals surface area contributed by atoms with Crippen molar-refractivity contribution in [1.29, 1.82) is 0 Å². The molecule has 1 saturated heterocycles. The van der Waals surface area contributed by atoms with Gasteiger partial charge in [-0.2, -0.15) is 0 Å². The molecule has 3 amide bonds. The summed E-state index contributed by atoms with van der Waals surface area (Å²) < 4.78 is 6.15. The van der Waals surface area contributed by atoms with Crippen LogP contribution < -0.4 is 21.3 Å². The summed E-state index contributed by atoms with van der Waals surface area (Å²) >= 11 is 0. The van der Waals surface area contributed by atoms with Crippen LogP contribution >= 0.6 is 0 Å². The van der Waals surface area contributed by atoms with Gasteiger partial charge in [-0.25, -0.2) is 4.79 Å². The Kier molecular flexibility index (Phi) is 11.4. The number of carbonyl (C=O) groups excluding carboxylic acids is 2. The number of hydrogen-bond acceptors (Lipinski definition) is 5. The topological polar surface area (TPSA) is 129 Å². The number of hydrogen-bond donors (Lipinski definition) is 5. The molecule has 244 valence electrons. The number of rotatable bonds is 12. The predicted octanol–water partition coefficient (Wildman–Crippen LogP) is 5.43. The van der Waals surface area contributed by atoms with Crippen molar-refractivity contribution in [1.82, 2.24) is 16.0 Å². The smallest absolute Gasteiger partial charge is 0.405 e. The molecule has 1 aliphatic rings. The van der Waals surface area contributed by atoms with Crippen LogP contribution in [-0.4, -0.2) is 60.9 Å². The summed E-state index contributed by atoms with van der Waals surface area (Å²) in [7, 11) is 0. The summed E-state index contributed by atoms with van der Waals surface area (Å²) in [6, 6.07) is 31.2. The molecule has 9 nitrogen and oxygen atoms in total. The molecule has 0 aromatic heterocycles. The summed E-state index contributed by atoms with van der Waals surface area (Å²) in [5, 5.41) is 21.8. The second-order valence-electron chi connectivity index (χ2n) is 11.9. The molecule has 0 bridgehead atoms. The first kappa shape index (κ1) is 33.4. The number of carboxylic acid groups (broad SMARTS) is 1. The predicted molar refractivity (Wildman–Crippen MR) is 183 cm³/mol. The molecule has 47 heavy (non-hydrogen) atoms.